The third kappa shape index (κ3) is 5.70. The number of anilines is 3. The van der Waals surface area contributed by atoms with E-state index in [4.69, 9.17) is 0 Å². The van der Waals surface area contributed by atoms with Crippen molar-refractivity contribution in [3.8, 4) is 0 Å². The molecular formula is C19H25N3O5S2. The van der Waals surface area contributed by atoms with Gasteiger partial charge in [-0.15, -0.1) is 0 Å². The first-order valence-corrected chi connectivity index (χ1v) is 12.4. The molecular weight excluding hydrogens is 414 g/mol. The number of hydrogen-bond donors (Lipinski definition) is 1. The van der Waals surface area contributed by atoms with Gasteiger partial charge in [0.05, 0.1) is 23.9 Å². The molecule has 0 aliphatic carbocycles. The van der Waals surface area contributed by atoms with Crippen molar-refractivity contribution in [2.24, 2.45) is 0 Å². The summed E-state index contributed by atoms with van der Waals surface area (Å²) in [5.74, 6) is -0.546. The van der Waals surface area contributed by atoms with Crippen LogP contribution in [0.2, 0.25) is 0 Å². The van der Waals surface area contributed by atoms with Gasteiger partial charge < -0.3 is 5.32 Å². The van der Waals surface area contributed by atoms with Crippen LogP contribution in [0.25, 0.3) is 0 Å². The van der Waals surface area contributed by atoms with Crippen LogP contribution in [0, 0.1) is 6.92 Å². The van der Waals surface area contributed by atoms with Crippen LogP contribution in [0.5, 0.6) is 0 Å². The Morgan fingerprint density at radius 1 is 0.931 bits per heavy atom. The van der Waals surface area contributed by atoms with Crippen molar-refractivity contribution < 1.29 is 21.6 Å². The number of hydrogen-bond acceptors (Lipinski definition) is 5. The van der Waals surface area contributed by atoms with Gasteiger partial charge in [0, 0.05) is 12.7 Å². The molecule has 158 valence electrons. The van der Waals surface area contributed by atoms with E-state index in [0.717, 1.165) is 26.7 Å². The van der Waals surface area contributed by atoms with Gasteiger partial charge in [-0.2, -0.15) is 0 Å². The molecule has 0 radical (unpaired) electrons. The lowest BCUT2D eigenvalue weighted by Crippen LogP contribution is -2.45. The quantitative estimate of drug-likeness (QED) is 0.712. The van der Waals surface area contributed by atoms with Crippen LogP contribution in [-0.4, -0.2) is 48.3 Å². The molecule has 1 N–H and O–H groups in total. The van der Waals surface area contributed by atoms with E-state index in [-0.39, 0.29) is 0 Å². The lowest BCUT2D eigenvalue weighted by Gasteiger charge is -2.28. The lowest BCUT2D eigenvalue weighted by atomic mass is 10.2. The Kier molecular flexibility index (Phi) is 6.59. The van der Waals surface area contributed by atoms with Gasteiger partial charge in [0.1, 0.15) is 6.04 Å². The normalized spacial score (nSPS) is 12.9. The topological polar surface area (TPSA) is 104 Å². The van der Waals surface area contributed by atoms with Crippen molar-refractivity contribution >= 4 is 43.0 Å². The summed E-state index contributed by atoms with van der Waals surface area (Å²) >= 11 is 0. The zero-order valence-corrected chi connectivity index (χ0v) is 18.6. The Balaban J connectivity index is 2.30. The molecule has 0 heterocycles. The van der Waals surface area contributed by atoms with Crippen LogP contribution in [0.1, 0.15) is 12.5 Å². The second-order valence-electron chi connectivity index (χ2n) is 6.84. The van der Waals surface area contributed by atoms with Gasteiger partial charge >= 0.3 is 0 Å². The molecule has 0 spiro atoms. The highest BCUT2D eigenvalue weighted by atomic mass is 32.2. The maximum Gasteiger partial charge on any atom is 0.247 e. The highest BCUT2D eigenvalue weighted by Crippen LogP contribution is 2.24. The SMILES string of the molecule is Cc1ccc(N([C@H](C)C(=O)Nc2cccc(N(C)S(C)(=O)=O)c2)S(C)(=O)=O)cc1. The van der Waals surface area contributed by atoms with Crippen LogP contribution in [0.3, 0.4) is 0 Å². The summed E-state index contributed by atoms with van der Waals surface area (Å²) in [5.41, 5.74) is 2.07. The van der Waals surface area contributed by atoms with Gasteiger partial charge in [0.25, 0.3) is 0 Å². The summed E-state index contributed by atoms with van der Waals surface area (Å²) in [5, 5.41) is 2.66. The van der Waals surface area contributed by atoms with Crippen LogP contribution in [0.4, 0.5) is 17.1 Å². The highest BCUT2D eigenvalue weighted by Gasteiger charge is 2.29. The molecule has 8 nitrogen and oxygen atoms in total. The summed E-state index contributed by atoms with van der Waals surface area (Å²) in [4.78, 5) is 12.8. The first-order chi connectivity index (χ1) is 13.3. The Hall–Kier alpha value is -2.59. The summed E-state index contributed by atoms with van der Waals surface area (Å²) < 4.78 is 50.3. The smallest absolute Gasteiger partial charge is 0.247 e. The Labute approximate surface area is 172 Å². The molecule has 0 unspecified atom stereocenters. The second-order valence-corrected chi connectivity index (χ2v) is 10.7. The molecule has 29 heavy (non-hydrogen) atoms. The predicted molar refractivity (Wildman–Crippen MR) is 116 cm³/mol. The number of amides is 1. The summed E-state index contributed by atoms with van der Waals surface area (Å²) in [6.45, 7) is 3.37. The van der Waals surface area contributed by atoms with E-state index >= 15 is 0 Å². The van der Waals surface area contributed by atoms with Crippen LogP contribution < -0.4 is 13.9 Å². The fraction of sp³-hybridized carbons (Fsp3) is 0.316. The molecule has 2 aromatic rings. The highest BCUT2D eigenvalue weighted by molar-refractivity contribution is 7.92. The van der Waals surface area contributed by atoms with Gasteiger partial charge in [-0.1, -0.05) is 23.8 Å². The summed E-state index contributed by atoms with van der Waals surface area (Å²) in [7, 11) is -5.78. The van der Waals surface area contributed by atoms with Crippen molar-refractivity contribution in [3.05, 3.63) is 54.1 Å². The standard InChI is InChI=1S/C19H25N3O5S2/c1-14-9-11-17(12-10-14)22(29(5,26)27)15(2)19(23)20-16-7-6-8-18(13-16)21(3)28(4,24)25/h6-13,15H,1-5H3,(H,20,23)/t15-/m1/s1. The number of benzene rings is 2. The fourth-order valence-electron chi connectivity index (χ4n) is 2.72. The van der Waals surface area contributed by atoms with Gasteiger partial charge in [-0.25, -0.2) is 16.8 Å². The molecule has 1 atom stereocenters. The first-order valence-electron chi connectivity index (χ1n) is 8.71. The Morgan fingerprint density at radius 3 is 2.03 bits per heavy atom. The number of aryl methyl sites for hydroxylation is 1. The third-order valence-electron chi connectivity index (χ3n) is 4.35. The average molecular weight is 440 g/mol. The van der Waals surface area contributed by atoms with E-state index in [1.807, 2.05) is 6.92 Å². The van der Waals surface area contributed by atoms with E-state index in [2.05, 4.69) is 5.32 Å². The lowest BCUT2D eigenvalue weighted by molar-refractivity contribution is -0.116. The molecule has 0 bridgehead atoms. The van der Waals surface area contributed by atoms with Crippen LogP contribution in [0.15, 0.2) is 48.5 Å². The molecule has 10 heteroatoms. The second kappa shape index (κ2) is 8.42. The van der Waals surface area contributed by atoms with Gasteiger partial charge in [0.2, 0.25) is 26.0 Å². The van der Waals surface area contributed by atoms with E-state index in [9.17, 15) is 21.6 Å². The Morgan fingerprint density at radius 2 is 1.52 bits per heavy atom. The molecule has 0 saturated heterocycles. The average Bonchev–Trinajstić information content (AvgIpc) is 2.61. The summed E-state index contributed by atoms with van der Waals surface area (Å²) in [6, 6.07) is 12.1. The molecule has 1 amide bonds. The van der Waals surface area contributed by atoms with E-state index in [1.165, 1.54) is 20.0 Å². The number of rotatable bonds is 7. The van der Waals surface area contributed by atoms with Gasteiger partial charge in [0.15, 0.2) is 0 Å². The van der Waals surface area contributed by atoms with Crippen molar-refractivity contribution in [3.63, 3.8) is 0 Å². The molecule has 0 fully saturated rings. The minimum Gasteiger partial charge on any atom is -0.324 e. The zero-order chi connectivity index (χ0) is 22.0. The molecule has 0 aliphatic heterocycles. The summed E-state index contributed by atoms with van der Waals surface area (Å²) in [6.07, 6.45) is 2.12. The maximum atomic E-state index is 12.8. The largest absolute Gasteiger partial charge is 0.324 e. The van der Waals surface area contributed by atoms with Gasteiger partial charge in [-0.3, -0.25) is 13.4 Å². The van der Waals surface area contributed by atoms with Crippen molar-refractivity contribution in [2.75, 3.05) is 33.5 Å². The number of nitrogens with zero attached hydrogens (tertiary/aromatic N) is 2. The molecule has 0 aliphatic rings. The van der Waals surface area contributed by atoms with Crippen LogP contribution in [-0.2, 0) is 24.8 Å². The minimum absolute atomic E-state index is 0.354. The van der Waals surface area contributed by atoms with Gasteiger partial charge in [-0.05, 0) is 44.2 Å². The van der Waals surface area contributed by atoms with E-state index in [0.29, 0.717) is 17.1 Å². The van der Waals surface area contributed by atoms with Crippen LogP contribution >= 0.6 is 0 Å². The number of carbonyl (C=O) groups is 1. The predicted octanol–water partition coefficient (Wildman–Crippen LogP) is 2.18. The van der Waals surface area contributed by atoms with Crippen molar-refractivity contribution in [2.45, 2.75) is 19.9 Å². The van der Waals surface area contributed by atoms with Crippen molar-refractivity contribution in [1.29, 1.82) is 0 Å². The third-order valence-corrected chi connectivity index (χ3v) is 6.80. The Bertz CT molecular complexity index is 1100. The molecule has 2 aromatic carbocycles. The maximum absolute atomic E-state index is 12.8. The molecule has 0 aromatic heterocycles. The minimum atomic E-state index is -3.72. The number of carbonyl (C=O) groups excluding carboxylic acids is 1. The molecule has 2 rings (SSSR count). The number of sulfonamides is 2. The van der Waals surface area contributed by atoms with E-state index < -0.39 is 32.0 Å². The van der Waals surface area contributed by atoms with E-state index in [1.54, 1.807) is 42.5 Å². The zero-order valence-electron chi connectivity index (χ0n) is 16.9. The number of nitrogens with one attached hydrogen (secondary N) is 1. The fourth-order valence-corrected chi connectivity index (χ4v) is 4.39. The van der Waals surface area contributed by atoms with Crippen molar-refractivity contribution in [1.82, 2.24) is 0 Å². The monoisotopic (exact) mass is 439 g/mol. The first kappa shape index (κ1) is 22.7. The molecule has 0 saturated carbocycles.